The molecule has 0 aliphatic carbocycles. The van der Waals surface area contributed by atoms with Crippen molar-refractivity contribution < 1.29 is 27.8 Å². The van der Waals surface area contributed by atoms with Gasteiger partial charge in [-0.1, -0.05) is 128 Å². The van der Waals surface area contributed by atoms with E-state index in [1.165, 1.54) is 108 Å². The second kappa shape index (κ2) is 25.2. The van der Waals surface area contributed by atoms with Crippen molar-refractivity contribution >= 4 is 5.97 Å². The Bertz CT molecular complexity index is 1470. The van der Waals surface area contributed by atoms with Crippen LogP contribution < -0.4 is 14.2 Å². The Morgan fingerprint density at radius 3 is 1.71 bits per heavy atom. The zero-order valence-corrected chi connectivity index (χ0v) is 31.4. The van der Waals surface area contributed by atoms with Gasteiger partial charge in [0.15, 0.2) is 23.1 Å². The molecule has 0 aliphatic rings. The van der Waals surface area contributed by atoms with Gasteiger partial charge in [-0.15, -0.1) is 0 Å². The minimum absolute atomic E-state index is 0.0538. The fourth-order valence-electron chi connectivity index (χ4n) is 5.95. The van der Waals surface area contributed by atoms with Gasteiger partial charge in [0.1, 0.15) is 5.75 Å². The minimum atomic E-state index is -0.667. The molecule has 6 heteroatoms. The summed E-state index contributed by atoms with van der Waals surface area (Å²) < 4.78 is 46.2. The van der Waals surface area contributed by atoms with Gasteiger partial charge in [-0.25, -0.2) is 13.6 Å². The Morgan fingerprint density at radius 2 is 1.12 bits per heavy atom. The van der Waals surface area contributed by atoms with E-state index in [-0.39, 0.29) is 23.2 Å². The van der Waals surface area contributed by atoms with Gasteiger partial charge in [-0.3, -0.25) is 0 Å². The molecule has 278 valence electrons. The molecule has 0 saturated carbocycles. The van der Waals surface area contributed by atoms with E-state index in [0.29, 0.717) is 23.5 Å². The Hall–Kier alpha value is -3.85. The summed E-state index contributed by atoms with van der Waals surface area (Å²) >= 11 is 0. The van der Waals surface area contributed by atoms with E-state index in [0.717, 1.165) is 38.2 Å². The lowest BCUT2D eigenvalue weighted by molar-refractivity contribution is 0.0734. The molecule has 0 spiro atoms. The smallest absolute Gasteiger partial charge is 0.343 e. The van der Waals surface area contributed by atoms with Crippen LogP contribution in [0.1, 0.15) is 164 Å². The molecule has 0 radical (unpaired) electrons. The molecule has 0 aliphatic heterocycles. The molecule has 0 N–H and O–H groups in total. The Morgan fingerprint density at radius 1 is 0.608 bits per heavy atom. The number of ether oxygens (including phenoxy) is 3. The summed E-state index contributed by atoms with van der Waals surface area (Å²) in [5.41, 5.74) is 1.29. The van der Waals surface area contributed by atoms with Gasteiger partial charge in [0, 0.05) is 11.1 Å². The molecule has 0 fully saturated rings. The maximum absolute atomic E-state index is 14.7. The van der Waals surface area contributed by atoms with E-state index in [4.69, 9.17) is 14.2 Å². The van der Waals surface area contributed by atoms with E-state index in [2.05, 4.69) is 25.7 Å². The molecule has 3 aromatic carbocycles. The summed E-state index contributed by atoms with van der Waals surface area (Å²) in [6.07, 6.45) is 23.3. The first-order chi connectivity index (χ1) is 24.9. The van der Waals surface area contributed by atoms with Crippen LogP contribution in [0.4, 0.5) is 8.78 Å². The fourth-order valence-corrected chi connectivity index (χ4v) is 5.95. The second-order valence-electron chi connectivity index (χ2n) is 13.7. The van der Waals surface area contributed by atoms with Crippen molar-refractivity contribution in [3.8, 4) is 29.1 Å². The molecular formula is C45H60F2O4. The van der Waals surface area contributed by atoms with E-state index >= 15 is 0 Å². The third-order valence-electron chi connectivity index (χ3n) is 9.06. The van der Waals surface area contributed by atoms with Crippen LogP contribution in [-0.2, 0) is 0 Å². The Balaban J connectivity index is 1.33. The molecular weight excluding hydrogens is 642 g/mol. The molecule has 4 nitrogen and oxygen atoms in total. The van der Waals surface area contributed by atoms with E-state index < -0.39 is 17.6 Å². The van der Waals surface area contributed by atoms with Crippen molar-refractivity contribution in [1.29, 1.82) is 0 Å². The van der Waals surface area contributed by atoms with Crippen LogP contribution in [0.5, 0.6) is 17.2 Å². The molecule has 0 heterocycles. The number of unbranched alkanes of at least 4 members (excludes halogenated alkanes) is 16. The maximum Gasteiger partial charge on any atom is 0.343 e. The first-order valence-corrected chi connectivity index (χ1v) is 19.6. The number of esters is 1. The van der Waals surface area contributed by atoms with Gasteiger partial charge in [0.05, 0.1) is 18.3 Å². The topological polar surface area (TPSA) is 44.8 Å². The molecule has 0 saturated heterocycles. The molecule has 0 unspecified atom stereocenters. The molecule has 3 rings (SSSR count). The lowest BCUT2D eigenvalue weighted by Gasteiger charge is -2.15. The Labute approximate surface area is 306 Å². The highest BCUT2D eigenvalue weighted by Gasteiger charge is 2.13. The number of carbonyl (C=O) groups excluding carboxylic acids is 1. The summed E-state index contributed by atoms with van der Waals surface area (Å²) in [5, 5.41) is 0. The number of hydrogen-bond acceptors (Lipinski definition) is 4. The minimum Gasteiger partial charge on any atom is -0.491 e. The van der Waals surface area contributed by atoms with Crippen LogP contribution in [0.2, 0.25) is 0 Å². The van der Waals surface area contributed by atoms with Crippen LogP contribution in [0, 0.1) is 23.5 Å². The monoisotopic (exact) mass is 702 g/mol. The fraction of sp³-hybridized carbons (Fsp3) is 0.533. The SMILES string of the molecule is CCCCCCCCCCCCCCCCOc1ccc(C(=O)Oc2ccc(C#Cc3ccc(O[C@H](C)CCCCCC)c(F)c3)cc2)cc1F. The highest BCUT2D eigenvalue weighted by molar-refractivity contribution is 5.91. The lowest BCUT2D eigenvalue weighted by Crippen LogP contribution is -2.12. The average Bonchev–Trinajstić information content (AvgIpc) is 3.13. The summed E-state index contributed by atoms with van der Waals surface area (Å²) in [6, 6.07) is 15.5. The third-order valence-corrected chi connectivity index (χ3v) is 9.06. The van der Waals surface area contributed by atoms with Gasteiger partial charge in [0.2, 0.25) is 0 Å². The van der Waals surface area contributed by atoms with Crippen LogP contribution >= 0.6 is 0 Å². The van der Waals surface area contributed by atoms with E-state index in [1.807, 2.05) is 6.92 Å². The summed E-state index contributed by atoms with van der Waals surface area (Å²) in [4.78, 5) is 12.7. The predicted octanol–water partition coefficient (Wildman–Crippen LogP) is 13.2. The predicted molar refractivity (Wildman–Crippen MR) is 205 cm³/mol. The third kappa shape index (κ3) is 17.3. The standard InChI is InChI=1S/C45H60F2O4/c1-4-6-8-10-11-12-13-14-15-16-17-18-19-21-33-49-43-32-28-39(35-42(43)47)45(48)51-40-29-25-37(26-30-40)23-24-38-27-31-44(41(46)34-38)50-36(3)22-20-9-7-5-2/h25-32,34-36H,4-22,33H2,1-3H3/t36-/m1/s1. The zero-order chi connectivity index (χ0) is 36.5. The molecule has 51 heavy (non-hydrogen) atoms. The number of benzene rings is 3. The number of hydrogen-bond donors (Lipinski definition) is 0. The molecule has 3 aromatic rings. The van der Waals surface area contributed by atoms with E-state index in [1.54, 1.807) is 36.4 Å². The van der Waals surface area contributed by atoms with Crippen molar-refractivity contribution in [2.24, 2.45) is 0 Å². The second-order valence-corrected chi connectivity index (χ2v) is 13.7. The van der Waals surface area contributed by atoms with Crippen LogP contribution in [-0.4, -0.2) is 18.7 Å². The van der Waals surface area contributed by atoms with Crippen LogP contribution in [0.3, 0.4) is 0 Å². The zero-order valence-electron chi connectivity index (χ0n) is 31.4. The quantitative estimate of drug-likeness (QED) is 0.0382. The van der Waals surface area contributed by atoms with Gasteiger partial charge < -0.3 is 14.2 Å². The van der Waals surface area contributed by atoms with Crippen LogP contribution in [0.25, 0.3) is 0 Å². The van der Waals surface area contributed by atoms with Crippen molar-refractivity contribution in [1.82, 2.24) is 0 Å². The van der Waals surface area contributed by atoms with E-state index in [9.17, 15) is 13.6 Å². The van der Waals surface area contributed by atoms with Gasteiger partial charge in [-0.05, 0) is 86.8 Å². The highest BCUT2D eigenvalue weighted by Crippen LogP contribution is 2.23. The van der Waals surface area contributed by atoms with Gasteiger partial charge >= 0.3 is 5.97 Å². The summed E-state index contributed by atoms with van der Waals surface area (Å²) in [6.45, 7) is 6.84. The molecule has 0 amide bonds. The summed E-state index contributed by atoms with van der Waals surface area (Å²) in [7, 11) is 0. The van der Waals surface area contributed by atoms with Crippen molar-refractivity contribution in [2.75, 3.05) is 6.61 Å². The van der Waals surface area contributed by atoms with Gasteiger partial charge in [-0.2, -0.15) is 0 Å². The molecule has 0 aromatic heterocycles. The van der Waals surface area contributed by atoms with Crippen molar-refractivity contribution in [2.45, 2.75) is 149 Å². The molecule has 0 bridgehead atoms. The lowest BCUT2D eigenvalue weighted by atomic mass is 10.0. The maximum atomic E-state index is 14.7. The highest BCUT2D eigenvalue weighted by atomic mass is 19.1. The summed E-state index contributed by atoms with van der Waals surface area (Å²) in [5.74, 6) is 4.95. The van der Waals surface area contributed by atoms with Crippen molar-refractivity contribution in [3.05, 3.63) is 89.0 Å². The molecule has 1 atom stereocenters. The van der Waals surface area contributed by atoms with Crippen LogP contribution in [0.15, 0.2) is 60.7 Å². The largest absolute Gasteiger partial charge is 0.491 e. The number of carbonyl (C=O) groups is 1. The number of rotatable bonds is 25. The number of halogens is 2. The first-order valence-electron chi connectivity index (χ1n) is 19.6. The Kier molecular flexibility index (Phi) is 20.5. The average molecular weight is 703 g/mol. The first kappa shape index (κ1) is 41.6. The van der Waals surface area contributed by atoms with Gasteiger partial charge in [0.25, 0.3) is 0 Å². The van der Waals surface area contributed by atoms with Crippen molar-refractivity contribution in [3.63, 3.8) is 0 Å². The normalized spacial score (nSPS) is 11.5.